The highest BCUT2D eigenvalue weighted by Crippen LogP contribution is 2.37. The Morgan fingerprint density at radius 3 is 2.31 bits per heavy atom. The maximum absolute atomic E-state index is 13.9. The van der Waals surface area contributed by atoms with Crippen LogP contribution in [0.3, 0.4) is 0 Å². The van der Waals surface area contributed by atoms with Crippen LogP contribution in [0.25, 0.3) is 0 Å². The number of nitrogens with one attached hydrogen (secondary N) is 2. The number of nitrogens with zero attached hydrogens (tertiary/aromatic N) is 1. The van der Waals surface area contributed by atoms with Crippen LogP contribution < -0.4 is 20.2 Å². The number of amides is 2. The minimum atomic E-state index is -0.627. The summed E-state index contributed by atoms with van der Waals surface area (Å²) in [6.07, 6.45) is 1.43. The van der Waals surface area contributed by atoms with Crippen LogP contribution in [0.1, 0.15) is 31.8 Å². The highest BCUT2D eigenvalue weighted by atomic mass is 79.9. The van der Waals surface area contributed by atoms with Crippen molar-refractivity contribution in [2.75, 3.05) is 12.4 Å². The first kappa shape index (κ1) is 27.5. The molecule has 198 valence electrons. The molecular weight excluding hydrogens is 572 g/mol. The average Bonchev–Trinajstić information content (AvgIpc) is 2.93. The lowest BCUT2D eigenvalue weighted by molar-refractivity contribution is 0.0954. The van der Waals surface area contributed by atoms with E-state index >= 15 is 0 Å². The molecule has 7 nitrogen and oxygen atoms in total. The normalized spacial score (nSPS) is 10.8. The molecule has 0 aliphatic carbocycles. The third-order valence-corrected chi connectivity index (χ3v) is 6.07. The summed E-state index contributed by atoms with van der Waals surface area (Å²) in [5.41, 5.74) is 4.05. The summed E-state index contributed by atoms with van der Waals surface area (Å²) in [5.74, 6) is -1.29. The number of methoxy groups -OCH3 is 1. The summed E-state index contributed by atoms with van der Waals surface area (Å²) in [6.45, 7) is 0.0107. The summed E-state index contributed by atoms with van der Waals surface area (Å²) in [7, 11) is 1.48. The molecule has 4 aromatic carbocycles. The summed E-state index contributed by atoms with van der Waals surface area (Å²) in [6, 6.07) is 21.4. The van der Waals surface area contributed by atoms with E-state index in [1.54, 1.807) is 36.4 Å². The highest BCUT2D eigenvalue weighted by Gasteiger charge is 2.14. The van der Waals surface area contributed by atoms with Crippen molar-refractivity contribution in [3.05, 3.63) is 123 Å². The van der Waals surface area contributed by atoms with Gasteiger partial charge in [0.25, 0.3) is 11.8 Å². The average molecular weight is 594 g/mol. The van der Waals surface area contributed by atoms with E-state index < -0.39 is 17.6 Å². The van der Waals surface area contributed by atoms with Gasteiger partial charge in [-0.1, -0.05) is 30.3 Å². The van der Waals surface area contributed by atoms with Crippen molar-refractivity contribution in [1.29, 1.82) is 0 Å². The Labute approximate surface area is 231 Å². The second-order valence-electron chi connectivity index (χ2n) is 8.12. The zero-order chi connectivity index (χ0) is 27.8. The molecule has 0 aliphatic rings. The molecule has 0 fully saturated rings. The van der Waals surface area contributed by atoms with Crippen molar-refractivity contribution in [2.45, 2.75) is 6.61 Å². The fourth-order valence-electron chi connectivity index (χ4n) is 3.50. The van der Waals surface area contributed by atoms with Crippen LogP contribution in [0, 0.1) is 11.6 Å². The Balaban J connectivity index is 1.36. The number of hydrogen-bond acceptors (Lipinski definition) is 5. The van der Waals surface area contributed by atoms with Gasteiger partial charge in [-0.3, -0.25) is 9.59 Å². The van der Waals surface area contributed by atoms with Gasteiger partial charge >= 0.3 is 0 Å². The fraction of sp³-hybridized carbons (Fsp3) is 0.0690. The monoisotopic (exact) mass is 593 g/mol. The molecule has 39 heavy (non-hydrogen) atoms. The van der Waals surface area contributed by atoms with Gasteiger partial charge in [-0.2, -0.15) is 5.10 Å². The number of anilines is 1. The molecule has 0 aromatic heterocycles. The Kier molecular flexibility index (Phi) is 9.01. The third kappa shape index (κ3) is 7.05. The van der Waals surface area contributed by atoms with E-state index in [9.17, 15) is 18.4 Å². The van der Waals surface area contributed by atoms with E-state index in [1.165, 1.54) is 61.9 Å². The molecule has 0 heterocycles. The first-order valence-electron chi connectivity index (χ1n) is 11.6. The van der Waals surface area contributed by atoms with E-state index in [-0.39, 0.29) is 18.0 Å². The largest absolute Gasteiger partial charge is 0.493 e. The van der Waals surface area contributed by atoms with Gasteiger partial charge in [-0.15, -0.1) is 0 Å². The van der Waals surface area contributed by atoms with Crippen LogP contribution in [0.4, 0.5) is 14.5 Å². The second-order valence-corrected chi connectivity index (χ2v) is 8.98. The number of rotatable bonds is 9. The lowest BCUT2D eigenvalue weighted by Crippen LogP contribution is -2.18. The summed E-state index contributed by atoms with van der Waals surface area (Å²) in [4.78, 5) is 24.7. The van der Waals surface area contributed by atoms with E-state index in [1.807, 2.05) is 0 Å². The van der Waals surface area contributed by atoms with Crippen LogP contribution >= 0.6 is 15.9 Å². The predicted molar refractivity (Wildman–Crippen MR) is 147 cm³/mol. The highest BCUT2D eigenvalue weighted by molar-refractivity contribution is 9.10. The molecule has 10 heteroatoms. The first-order valence-corrected chi connectivity index (χ1v) is 12.4. The molecule has 0 bridgehead atoms. The van der Waals surface area contributed by atoms with Gasteiger partial charge in [-0.25, -0.2) is 14.2 Å². The molecule has 0 saturated heterocycles. The van der Waals surface area contributed by atoms with Crippen LogP contribution in [0.5, 0.6) is 11.5 Å². The molecule has 0 atom stereocenters. The Morgan fingerprint density at radius 2 is 1.62 bits per heavy atom. The van der Waals surface area contributed by atoms with E-state index in [2.05, 4.69) is 31.8 Å². The van der Waals surface area contributed by atoms with Gasteiger partial charge in [-0.05, 0) is 76.1 Å². The minimum Gasteiger partial charge on any atom is -0.493 e. The molecule has 0 unspecified atom stereocenters. The number of hydrazone groups is 1. The predicted octanol–water partition coefficient (Wildman–Crippen LogP) is 6.33. The molecule has 4 aromatic rings. The molecule has 0 saturated carbocycles. The van der Waals surface area contributed by atoms with Crippen molar-refractivity contribution >= 4 is 39.6 Å². The number of ether oxygens (including phenoxy) is 2. The van der Waals surface area contributed by atoms with Gasteiger partial charge in [0.15, 0.2) is 11.5 Å². The standard InChI is InChI=1S/C29H22BrF2N3O4/c1-38-26-15-18(14-23(30)27(26)39-17-20-6-2-4-8-24(20)31)16-33-35-28(36)19-10-12-21(13-11-19)34-29(37)22-7-3-5-9-25(22)32/h2-16H,17H2,1H3,(H,34,37)(H,35,36)/b33-16-. The maximum atomic E-state index is 13.9. The molecule has 2 amide bonds. The molecular formula is C29H22BrF2N3O4. The topological polar surface area (TPSA) is 89.0 Å². The molecule has 0 spiro atoms. The van der Waals surface area contributed by atoms with Gasteiger partial charge in [0.05, 0.1) is 23.4 Å². The van der Waals surface area contributed by atoms with E-state index in [0.29, 0.717) is 38.3 Å². The third-order valence-electron chi connectivity index (χ3n) is 5.48. The smallest absolute Gasteiger partial charge is 0.271 e. The van der Waals surface area contributed by atoms with Crippen molar-refractivity contribution in [1.82, 2.24) is 5.43 Å². The summed E-state index contributed by atoms with van der Waals surface area (Å²) >= 11 is 3.43. The van der Waals surface area contributed by atoms with E-state index in [0.717, 1.165) is 0 Å². The van der Waals surface area contributed by atoms with Crippen molar-refractivity contribution in [3.8, 4) is 11.5 Å². The fourth-order valence-corrected chi connectivity index (χ4v) is 4.07. The molecule has 0 aliphatic heterocycles. The maximum Gasteiger partial charge on any atom is 0.271 e. The molecule has 2 N–H and O–H groups in total. The number of benzene rings is 4. The Hall–Kier alpha value is -4.57. The number of carbonyl (C=O) groups is 2. The van der Waals surface area contributed by atoms with Crippen LogP contribution in [0.15, 0.2) is 94.5 Å². The first-order chi connectivity index (χ1) is 18.9. The van der Waals surface area contributed by atoms with Gasteiger partial charge < -0.3 is 14.8 Å². The Bertz CT molecular complexity index is 1530. The summed E-state index contributed by atoms with van der Waals surface area (Å²) < 4.78 is 39.4. The zero-order valence-electron chi connectivity index (χ0n) is 20.6. The molecule has 4 rings (SSSR count). The zero-order valence-corrected chi connectivity index (χ0v) is 22.2. The van der Waals surface area contributed by atoms with Crippen LogP contribution in [0.2, 0.25) is 0 Å². The van der Waals surface area contributed by atoms with Gasteiger partial charge in [0.2, 0.25) is 0 Å². The van der Waals surface area contributed by atoms with Crippen LogP contribution in [-0.2, 0) is 6.61 Å². The Morgan fingerprint density at radius 1 is 0.923 bits per heavy atom. The summed E-state index contributed by atoms with van der Waals surface area (Å²) in [5, 5.41) is 6.57. The van der Waals surface area contributed by atoms with Gasteiger partial charge in [0.1, 0.15) is 18.2 Å². The number of halogens is 3. The SMILES string of the molecule is COc1cc(/C=N\NC(=O)c2ccc(NC(=O)c3ccccc3F)cc2)cc(Br)c1OCc1ccccc1F. The van der Waals surface area contributed by atoms with Crippen molar-refractivity contribution < 1.29 is 27.8 Å². The minimum absolute atomic E-state index is 0.0107. The lowest BCUT2D eigenvalue weighted by Gasteiger charge is -2.14. The van der Waals surface area contributed by atoms with E-state index in [4.69, 9.17) is 9.47 Å². The van der Waals surface area contributed by atoms with Crippen molar-refractivity contribution in [2.24, 2.45) is 5.10 Å². The van der Waals surface area contributed by atoms with Crippen molar-refractivity contribution in [3.63, 3.8) is 0 Å². The number of carbonyl (C=O) groups excluding carboxylic acids is 2. The second kappa shape index (κ2) is 12.8. The molecule has 0 radical (unpaired) electrons. The number of hydrogen-bond donors (Lipinski definition) is 2. The van der Waals surface area contributed by atoms with Crippen LogP contribution in [-0.4, -0.2) is 25.1 Å². The quantitative estimate of drug-likeness (QED) is 0.175. The van der Waals surface area contributed by atoms with Gasteiger partial charge in [0, 0.05) is 16.8 Å². The lowest BCUT2D eigenvalue weighted by atomic mass is 10.1.